The van der Waals surface area contributed by atoms with Crippen molar-refractivity contribution in [2.75, 3.05) is 0 Å². The van der Waals surface area contributed by atoms with E-state index in [4.69, 9.17) is 4.42 Å². The second-order valence-electron chi connectivity index (χ2n) is 5.78. The van der Waals surface area contributed by atoms with Gasteiger partial charge in [0.25, 0.3) is 0 Å². The maximum Gasteiger partial charge on any atom is 0.195 e. The Kier molecular flexibility index (Phi) is 3.71. The van der Waals surface area contributed by atoms with E-state index >= 15 is 0 Å². The van der Waals surface area contributed by atoms with Crippen LogP contribution < -0.4 is 0 Å². The molecule has 1 unspecified atom stereocenters. The molecule has 0 spiro atoms. The first-order chi connectivity index (χ1) is 10.5. The van der Waals surface area contributed by atoms with Gasteiger partial charge in [0.2, 0.25) is 0 Å². The highest BCUT2D eigenvalue weighted by atomic mass is 16.3. The number of rotatable bonds is 3. The molecule has 0 saturated carbocycles. The summed E-state index contributed by atoms with van der Waals surface area (Å²) in [6.07, 6.45) is 0.419. The quantitative estimate of drug-likeness (QED) is 0.943. The Hall–Kier alpha value is -2.20. The van der Waals surface area contributed by atoms with Crippen molar-refractivity contribution in [3.05, 3.63) is 52.4 Å². The molecule has 1 aliphatic rings. The van der Waals surface area contributed by atoms with Gasteiger partial charge in [0.1, 0.15) is 5.52 Å². The van der Waals surface area contributed by atoms with Gasteiger partial charge in [-0.3, -0.25) is 4.79 Å². The summed E-state index contributed by atoms with van der Waals surface area (Å²) in [5, 5.41) is 10.2. The van der Waals surface area contributed by atoms with Gasteiger partial charge in [0.05, 0.1) is 6.10 Å². The zero-order valence-corrected chi connectivity index (χ0v) is 13.0. The second-order valence-corrected chi connectivity index (χ2v) is 5.78. The van der Waals surface area contributed by atoms with Gasteiger partial charge < -0.3 is 9.52 Å². The van der Waals surface area contributed by atoms with E-state index in [0.717, 1.165) is 22.2 Å². The summed E-state index contributed by atoms with van der Waals surface area (Å²) in [6.45, 7) is 5.39. The Bertz CT molecular complexity index is 778. The fourth-order valence-corrected chi connectivity index (χ4v) is 2.85. The van der Waals surface area contributed by atoms with Crippen molar-refractivity contribution in [2.24, 2.45) is 0 Å². The Morgan fingerprint density at radius 2 is 1.86 bits per heavy atom. The Morgan fingerprint density at radius 1 is 1.14 bits per heavy atom. The molecular formula is C18H19NO3. The molecule has 0 saturated heterocycles. The molecule has 4 nitrogen and oxygen atoms in total. The van der Waals surface area contributed by atoms with Crippen LogP contribution in [0.2, 0.25) is 0 Å². The number of aryl methyl sites for hydroxylation is 1. The molecule has 0 bridgehead atoms. The van der Waals surface area contributed by atoms with Gasteiger partial charge in [-0.2, -0.15) is 0 Å². The smallest absolute Gasteiger partial charge is 0.195 e. The Balaban J connectivity index is 1.82. The van der Waals surface area contributed by atoms with E-state index in [2.05, 4.69) is 4.98 Å². The van der Waals surface area contributed by atoms with Crippen LogP contribution in [0.3, 0.4) is 0 Å². The molecular weight excluding hydrogens is 278 g/mol. The van der Waals surface area contributed by atoms with E-state index in [1.807, 2.05) is 31.2 Å². The molecule has 0 fully saturated rings. The monoisotopic (exact) mass is 297 g/mol. The van der Waals surface area contributed by atoms with Crippen LogP contribution >= 0.6 is 0 Å². The van der Waals surface area contributed by atoms with Crippen molar-refractivity contribution < 1.29 is 14.3 Å². The van der Waals surface area contributed by atoms with E-state index in [1.54, 1.807) is 13.8 Å². The topological polar surface area (TPSA) is 63.3 Å². The fourth-order valence-electron chi connectivity index (χ4n) is 2.85. The molecule has 0 radical (unpaired) electrons. The van der Waals surface area contributed by atoms with Crippen molar-refractivity contribution in [1.29, 1.82) is 0 Å². The molecule has 22 heavy (non-hydrogen) atoms. The summed E-state index contributed by atoms with van der Waals surface area (Å²) < 4.78 is 5.68. The number of ketones is 1. The van der Waals surface area contributed by atoms with Gasteiger partial charge in [-0.25, -0.2) is 4.98 Å². The van der Waals surface area contributed by atoms with E-state index in [-0.39, 0.29) is 5.78 Å². The number of carbonyl (C=O) groups excluding carboxylic acids is 1. The molecule has 1 heterocycles. The number of carbonyl (C=O) groups is 1. The standard InChI is InChI=1S/C18H19NO3/c1-10-11(2)18(21)13(12(3)17(10)20)8-9-16-19-14-6-4-5-7-15(14)22-16/h4-7,17,20H,8-9H2,1-3H3. The first-order valence-corrected chi connectivity index (χ1v) is 7.43. The number of oxazole rings is 1. The molecule has 0 aliphatic heterocycles. The molecule has 1 aliphatic carbocycles. The Labute approximate surface area is 129 Å². The number of aromatic nitrogens is 1. The highest BCUT2D eigenvalue weighted by molar-refractivity contribution is 6.10. The minimum Gasteiger partial charge on any atom is -0.441 e. The molecule has 1 aromatic heterocycles. The summed E-state index contributed by atoms with van der Waals surface area (Å²) >= 11 is 0. The lowest BCUT2D eigenvalue weighted by Crippen LogP contribution is -2.24. The number of allylic oxidation sites excluding steroid dienone is 2. The lowest BCUT2D eigenvalue weighted by molar-refractivity contribution is -0.112. The summed E-state index contributed by atoms with van der Waals surface area (Å²) in [4.78, 5) is 16.8. The third kappa shape index (κ3) is 2.40. The molecule has 0 amide bonds. The van der Waals surface area contributed by atoms with Gasteiger partial charge in [-0.05, 0) is 56.0 Å². The molecule has 4 heteroatoms. The number of aliphatic hydroxyl groups excluding tert-OH is 1. The zero-order chi connectivity index (χ0) is 15.9. The van der Waals surface area contributed by atoms with Crippen LogP contribution in [0.1, 0.15) is 33.1 Å². The number of aliphatic hydroxyl groups is 1. The van der Waals surface area contributed by atoms with Crippen LogP contribution in [0, 0.1) is 0 Å². The van der Waals surface area contributed by atoms with Crippen LogP contribution in [-0.4, -0.2) is 22.0 Å². The molecule has 3 rings (SSSR count). The number of Topliss-reactive ketones (excluding diaryl/α,β-unsaturated/α-hetero) is 1. The first-order valence-electron chi connectivity index (χ1n) is 7.43. The number of hydrogen-bond donors (Lipinski definition) is 1. The number of fused-ring (bicyclic) bond motifs is 1. The van der Waals surface area contributed by atoms with Crippen molar-refractivity contribution >= 4 is 16.9 Å². The van der Waals surface area contributed by atoms with Crippen LogP contribution in [-0.2, 0) is 11.2 Å². The summed E-state index contributed by atoms with van der Waals surface area (Å²) in [5.74, 6) is 0.643. The van der Waals surface area contributed by atoms with E-state index in [9.17, 15) is 9.90 Å². The second kappa shape index (κ2) is 5.54. The number of benzene rings is 1. The van der Waals surface area contributed by atoms with Gasteiger partial charge in [-0.15, -0.1) is 0 Å². The highest BCUT2D eigenvalue weighted by Crippen LogP contribution is 2.30. The number of hydrogen-bond acceptors (Lipinski definition) is 4. The van der Waals surface area contributed by atoms with E-state index in [0.29, 0.717) is 29.9 Å². The highest BCUT2D eigenvalue weighted by Gasteiger charge is 2.27. The van der Waals surface area contributed by atoms with Crippen molar-refractivity contribution in [2.45, 2.75) is 39.7 Å². The van der Waals surface area contributed by atoms with Crippen molar-refractivity contribution in [1.82, 2.24) is 4.98 Å². The average molecular weight is 297 g/mol. The molecule has 1 atom stereocenters. The van der Waals surface area contributed by atoms with Crippen molar-refractivity contribution in [3.8, 4) is 0 Å². The summed E-state index contributed by atoms with van der Waals surface area (Å²) in [5.41, 5.74) is 4.39. The predicted molar refractivity (Wildman–Crippen MR) is 84.4 cm³/mol. The minimum atomic E-state index is -0.656. The third-order valence-electron chi connectivity index (χ3n) is 4.43. The first kappa shape index (κ1) is 14.7. The van der Waals surface area contributed by atoms with Crippen LogP contribution in [0.15, 0.2) is 51.0 Å². The van der Waals surface area contributed by atoms with Gasteiger partial charge >= 0.3 is 0 Å². The van der Waals surface area contributed by atoms with Gasteiger partial charge in [0.15, 0.2) is 17.3 Å². The fraction of sp³-hybridized carbons (Fsp3) is 0.333. The minimum absolute atomic E-state index is 0.0245. The molecule has 1 aromatic carbocycles. The molecule has 114 valence electrons. The lowest BCUT2D eigenvalue weighted by Gasteiger charge is -2.24. The largest absolute Gasteiger partial charge is 0.441 e. The van der Waals surface area contributed by atoms with Gasteiger partial charge in [0, 0.05) is 12.0 Å². The van der Waals surface area contributed by atoms with Crippen LogP contribution in [0.4, 0.5) is 0 Å². The van der Waals surface area contributed by atoms with E-state index < -0.39 is 6.10 Å². The van der Waals surface area contributed by atoms with Crippen molar-refractivity contribution in [3.63, 3.8) is 0 Å². The predicted octanol–water partition coefficient (Wildman–Crippen LogP) is 3.36. The van der Waals surface area contributed by atoms with Crippen LogP contribution in [0.5, 0.6) is 0 Å². The molecule has 2 aromatic rings. The summed E-state index contributed by atoms with van der Waals surface area (Å²) in [7, 11) is 0. The lowest BCUT2D eigenvalue weighted by atomic mass is 9.83. The Morgan fingerprint density at radius 3 is 2.59 bits per heavy atom. The van der Waals surface area contributed by atoms with E-state index in [1.165, 1.54) is 0 Å². The van der Waals surface area contributed by atoms with Crippen LogP contribution in [0.25, 0.3) is 11.1 Å². The number of nitrogens with zero attached hydrogens (tertiary/aromatic N) is 1. The molecule has 1 N–H and O–H groups in total. The number of para-hydroxylation sites is 2. The third-order valence-corrected chi connectivity index (χ3v) is 4.43. The normalized spacial score (nSPS) is 19.5. The SMILES string of the molecule is CC1=C(C)C(O)C(C)=C(CCc2nc3ccccc3o2)C1=O. The average Bonchev–Trinajstić information content (AvgIpc) is 2.94. The maximum absolute atomic E-state index is 12.4. The van der Waals surface area contributed by atoms with Gasteiger partial charge in [-0.1, -0.05) is 12.1 Å². The zero-order valence-electron chi connectivity index (χ0n) is 13.0. The summed E-state index contributed by atoms with van der Waals surface area (Å²) in [6, 6.07) is 7.60. The maximum atomic E-state index is 12.4.